The predicted molar refractivity (Wildman–Crippen MR) is 94.0 cm³/mol. The van der Waals surface area contributed by atoms with E-state index in [1.807, 2.05) is 28.8 Å². The SMILES string of the molecule is O=C(Nc1ccccc1)C1=C(O)CCn2c1nc1cc(Cl)ccc12. The van der Waals surface area contributed by atoms with E-state index >= 15 is 0 Å². The molecule has 1 aromatic heterocycles. The Bertz CT molecular complexity index is 977. The van der Waals surface area contributed by atoms with Crippen molar-refractivity contribution in [2.24, 2.45) is 0 Å². The maximum absolute atomic E-state index is 12.7. The van der Waals surface area contributed by atoms with Gasteiger partial charge in [-0.15, -0.1) is 0 Å². The number of fused-ring (bicyclic) bond motifs is 3. The minimum atomic E-state index is -0.374. The van der Waals surface area contributed by atoms with Gasteiger partial charge >= 0.3 is 0 Å². The third-order valence-electron chi connectivity index (χ3n) is 4.05. The number of allylic oxidation sites excluding steroid dienone is 1. The van der Waals surface area contributed by atoms with Crippen molar-refractivity contribution in [3.05, 3.63) is 65.1 Å². The summed E-state index contributed by atoms with van der Waals surface area (Å²) >= 11 is 6.03. The lowest BCUT2D eigenvalue weighted by Crippen LogP contribution is -2.22. The summed E-state index contributed by atoms with van der Waals surface area (Å²) in [6.07, 6.45) is 0.388. The van der Waals surface area contributed by atoms with E-state index in [1.54, 1.807) is 24.3 Å². The second-order valence-corrected chi connectivity index (χ2v) is 6.05. The summed E-state index contributed by atoms with van der Waals surface area (Å²) in [6.45, 7) is 0.571. The first-order valence-electron chi connectivity index (χ1n) is 7.58. The number of halogens is 1. The van der Waals surface area contributed by atoms with E-state index in [9.17, 15) is 9.90 Å². The van der Waals surface area contributed by atoms with Gasteiger partial charge in [-0.1, -0.05) is 29.8 Å². The smallest absolute Gasteiger partial charge is 0.262 e. The Balaban J connectivity index is 1.78. The molecule has 0 unspecified atom stereocenters. The van der Waals surface area contributed by atoms with Crippen LogP contribution in [0, 0.1) is 0 Å². The Kier molecular flexibility index (Phi) is 3.50. The molecule has 3 aromatic rings. The standard InChI is InChI=1S/C18H14ClN3O2/c19-11-6-7-14-13(10-11)21-17-16(15(23)8-9-22(14)17)18(24)20-12-4-2-1-3-5-12/h1-7,10,23H,8-9H2,(H,20,24). The van der Waals surface area contributed by atoms with Gasteiger partial charge in [0.25, 0.3) is 5.91 Å². The zero-order chi connectivity index (χ0) is 16.7. The van der Waals surface area contributed by atoms with E-state index in [4.69, 9.17) is 11.6 Å². The average molecular weight is 340 g/mol. The molecule has 120 valence electrons. The summed E-state index contributed by atoms with van der Waals surface area (Å²) in [5.41, 5.74) is 2.47. The van der Waals surface area contributed by atoms with Gasteiger partial charge in [-0.05, 0) is 30.3 Å². The van der Waals surface area contributed by atoms with E-state index in [0.717, 1.165) is 5.52 Å². The molecule has 0 radical (unpaired) electrons. The topological polar surface area (TPSA) is 67.2 Å². The first-order valence-corrected chi connectivity index (χ1v) is 7.96. The molecule has 2 aromatic carbocycles. The molecule has 24 heavy (non-hydrogen) atoms. The van der Waals surface area contributed by atoms with E-state index in [1.165, 1.54) is 0 Å². The van der Waals surface area contributed by atoms with Crippen molar-refractivity contribution in [3.8, 4) is 0 Å². The van der Waals surface area contributed by atoms with Gasteiger partial charge in [-0.25, -0.2) is 4.98 Å². The number of aliphatic hydroxyl groups excluding tert-OH is 1. The lowest BCUT2D eigenvalue weighted by molar-refractivity contribution is -0.111. The van der Waals surface area contributed by atoms with E-state index < -0.39 is 0 Å². The number of rotatable bonds is 2. The fourth-order valence-electron chi connectivity index (χ4n) is 2.94. The van der Waals surface area contributed by atoms with Crippen molar-refractivity contribution in [2.45, 2.75) is 13.0 Å². The number of amides is 1. The van der Waals surface area contributed by atoms with Crippen LogP contribution in [0.3, 0.4) is 0 Å². The third-order valence-corrected chi connectivity index (χ3v) is 4.29. The van der Waals surface area contributed by atoms with Crippen LogP contribution in [0.5, 0.6) is 0 Å². The number of nitrogens with zero attached hydrogens (tertiary/aromatic N) is 2. The van der Waals surface area contributed by atoms with Crippen LogP contribution in [0.15, 0.2) is 54.3 Å². The largest absolute Gasteiger partial charge is 0.511 e. The number of imidazole rings is 1. The molecule has 0 fully saturated rings. The van der Waals surface area contributed by atoms with Gasteiger partial charge < -0.3 is 15.0 Å². The number of benzene rings is 2. The number of hydrogen-bond donors (Lipinski definition) is 2. The highest BCUT2D eigenvalue weighted by molar-refractivity contribution is 6.31. The first kappa shape index (κ1) is 14.8. The van der Waals surface area contributed by atoms with Crippen LogP contribution in [-0.4, -0.2) is 20.6 Å². The molecule has 0 aliphatic carbocycles. The second kappa shape index (κ2) is 5.69. The van der Waals surface area contributed by atoms with Crippen molar-refractivity contribution in [3.63, 3.8) is 0 Å². The number of aromatic nitrogens is 2. The number of para-hydroxylation sites is 1. The summed E-state index contributed by atoms with van der Waals surface area (Å²) in [4.78, 5) is 17.2. The lowest BCUT2D eigenvalue weighted by atomic mass is 10.1. The molecule has 5 nitrogen and oxygen atoms in total. The van der Waals surface area contributed by atoms with Crippen LogP contribution in [0.1, 0.15) is 12.2 Å². The molecular weight excluding hydrogens is 326 g/mol. The molecule has 2 N–H and O–H groups in total. The molecule has 2 heterocycles. The van der Waals surface area contributed by atoms with Crippen LogP contribution in [0.4, 0.5) is 5.69 Å². The van der Waals surface area contributed by atoms with Gasteiger partial charge in [-0.2, -0.15) is 0 Å². The van der Waals surface area contributed by atoms with E-state index in [0.29, 0.717) is 35.0 Å². The average Bonchev–Trinajstić information content (AvgIpc) is 2.92. The van der Waals surface area contributed by atoms with E-state index in [2.05, 4.69) is 10.3 Å². The van der Waals surface area contributed by atoms with Gasteiger partial charge in [0.15, 0.2) is 0 Å². The molecule has 6 heteroatoms. The molecule has 0 saturated carbocycles. The molecule has 0 spiro atoms. The number of carbonyl (C=O) groups is 1. The van der Waals surface area contributed by atoms with Crippen molar-refractivity contribution in [1.82, 2.24) is 9.55 Å². The van der Waals surface area contributed by atoms with Gasteiger partial charge in [0.1, 0.15) is 17.2 Å². The summed E-state index contributed by atoms with van der Waals surface area (Å²) < 4.78 is 1.94. The summed E-state index contributed by atoms with van der Waals surface area (Å²) in [5.74, 6) is 0.142. The number of carbonyl (C=O) groups excluding carboxylic acids is 1. The highest BCUT2D eigenvalue weighted by Crippen LogP contribution is 2.31. The Morgan fingerprint density at radius 1 is 1.21 bits per heavy atom. The molecule has 1 amide bonds. The quantitative estimate of drug-likeness (QED) is 0.741. The molecule has 1 aliphatic heterocycles. The molecule has 0 bridgehead atoms. The molecular formula is C18H14ClN3O2. The fourth-order valence-corrected chi connectivity index (χ4v) is 3.11. The van der Waals surface area contributed by atoms with Gasteiger partial charge in [0, 0.05) is 23.7 Å². The van der Waals surface area contributed by atoms with Crippen molar-refractivity contribution in [1.29, 1.82) is 0 Å². The van der Waals surface area contributed by atoms with Crippen LogP contribution in [0.2, 0.25) is 5.02 Å². The number of anilines is 1. The number of hydrogen-bond acceptors (Lipinski definition) is 3. The third kappa shape index (κ3) is 2.43. The molecule has 0 atom stereocenters. The Labute approximate surface area is 143 Å². The Hall–Kier alpha value is -2.79. The van der Waals surface area contributed by atoms with Crippen LogP contribution < -0.4 is 5.32 Å². The minimum Gasteiger partial charge on any atom is -0.511 e. The Morgan fingerprint density at radius 2 is 2.00 bits per heavy atom. The van der Waals surface area contributed by atoms with Gasteiger partial charge in [-0.3, -0.25) is 4.79 Å². The Morgan fingerprint density at radius 3 is 2.79 bits per heavy atom. The normalized spacial score (nSPS) is 13.9. The zero-order valence-corrected chi connectivity index (χ0v) is 13.4. The fraction of sp³-hybridized carbons (Fsp3) is 0.111. The maximum Gasteiger partial charge on any atom is 0.262 e. The predicted octanol–water partition coefficient (Wildman–Crippen LogP) is 4.00. The van der Waals surface area contributed by atoms with Crippen molar-refractivity contribution in [2.75, 3.05) is 5.32 Å². The van der Waals surface area contributed by atoms with Gasteiger partial charge in [0.05, 0.1) is 11.0 Å². The molecule has 0 saturated heterocycles. The number of aliphatic hydroxyl groups is 1. The first-order chi connectivity index (χ1) is 11.6. The zero-order valence-electron chi connectivity index (χ0n) is 12.7. The maximum atomic E-state index is 12.7. The monoisotopic (exact) mass is 339 g/mol. The van der Waals surface area contributed by atoms with E-state index in [-0.39, 0.29) is 17.2 Å². The molecule has 1 aliphatic rings. The van der Waals surface area contributed by atoms with Crippen molar-refractivity contribution >= 4 is 39.8 Å². The highest BCUT2D eigenvalue weighted by Gasteiger charge is 2.28. The van der Waals surface area contributed by atoms with Gasteiger partial charge in [0.2, 0.25) is 0 Å². The lowest BCUT2D eigenvalue weighted by Gasteiger charge is -2.18. The second-order valence-electron chi connectivity index (χ2n) is 5.61. The number of nitrogens with one attached hydrogen (secondary N) is 1. The molecule has 4 rings (SSSR count). The summed E-state index contributed by atoms with van der Waals surface area (Å²) in [5, 5.41) is 13.7. The van der Waals surface area contributed by atoms with Crippen molar-refractivity contribution < 1.29 is 9.90 Å². The van der Waals surface area contributed by atoms with Crippen LogP contribution >= 0.6 is 11.6 Å². The number of aryl methyl sites for hydroxylation is 1. The van der Waals surface area contributed by atoms with Crippen LogP contribution in [-0.2, 0) is 11.3 Å². The summed E-state index contributed by atoms with van der Waals surface area (Å²) in [7, 11) is 0. The van der Waals surface area contributed by atoms with Crippen LogP contribution in [0.25, 0.3) is 16.6 Å². The minimum absolute atomic E-state index is 0.0531. The highest BCUT2D eigenvalue weighted by atomic mass is 35.5. The summed E-state index contributed by atoms with van der Waals surface area (Å²) in [6, 6.07) is 14.6.